The summed E-state index contributed by atoms with van der Waals surface area (Å²) in [5, 5.41) is 13.0. The number of carboxylic acids is 1. The van der Waals surface area contributed by atoms with Gasteiger partial charge in [0.1, 0.15) is 18.4 Å². The van der Waals surface area contributed by atoms with E-state index in [0.717, 1.165) is 36.8 Å². The van der Waals surface area contributed by atoms with Gasteiger partial charge in [0.25, 0.3) is 0 Å². The lowest BCUT2D eigenvalue weighted by molar-refractivity contribution is -0.142. The van der Waals surface area contributed by atoms with Crippen LogP contribution in [0.4, 0.5) is 5.69 Å². The summed E-state index contributed by atoms with van der Waals surface area (Å²) in [5.74, 6) is -0.114. The highest BCUT2D eigenvalue weighted by molar-refractivity contribution is 6.30. The molecule has 0 bridgehead atoms. The van der Waals surface area contributed by atoms with Crippen molar-refractivity contribution < 1.29 is 24.2 Å². The van der Waals surface area contributed by atoms with Crippen LogP contribution < -0.4 is 21.5 Å². The number of nitrogen functional groups attached to an aromatic ring is 1. The molecule has 3 aromatic rings. The van der Waals surface area contributed by atoms with Crippen LogP contribution in [0.25, 0.3) is 0 Å². The summed E-state index contributed by atoms with van der Waals surface area (Å²) in [4.78, 5) is 35.0. The van der Waals surface area contributed by atoms with Gasteiger partial charge in [-0.15, -0.1) is 0 Å². The Kier molecular flexibility index (Phi) is 12.2. The maximum atomic E-state index is 12.6. The van der Waals surface area contributed by atoms with Crippen molar-refractivity contribution in [1.82, 2.24) is 5.32 Å². The summed E-state index contributed by atoms with van der Waals surface area (Å²) in [6, 6.07) is 20.6. The minimum Gasteiger partial charge on any atom is -0.489 e. The third-order valence-electron chi connectivity index (χ3n) is 7.16. The molecule has 0 aliphatic heterocycles. The highest BCUT2D eigenvalue weighted by Crippen LogP contribution is 2.28. The van der Waals surface area contributed by atoms with Gasteiger partial charge in [-0.1, -0.05) is 35.9 Å². The number of nitrogens with one attached hydrogen (secondary N) is 1. The first-order chi connectivity index (χ1) is 19.6. The zero-order valence-electron chi connectivity index (χ0n) is 23.2. The quantitative estimate of drug-likeness (QED) is 0.189. The van der Waals surface area contributed by atoms with Crippen LogP contribution >= 0.6 is 11.6 Å². The highest BCUT2D eigenvalue weighted by Gasteiger charge is 2.29. The van der Waals surface area contributed by atoms with Gasteiger partial charge in [-0.25, -0.2) is 4.79 Å². The van der Waals surface area contributed by atoms with Gasteiger partial charge in [-0.2, -0.15) is 0 Å². The van der Waals surface area contributed by atoms with Crippen LogP contribution in [-0.4, -0.2) is 35.4 Å². The zero-order chi connectivity index (χ0) is 29.8. The lowest BCUT2D eigenvalue weighted by Gasteiger charge is -2.27. The summed E-state index contributed by atoms with van der Waals surface area (Å²) in [6.45, 7) is 2.59. The van der Waals surface area contributed by atoms with E-state index >= 15 is 0 Å². The fraction of sp³-hybridized carbons (Fsp3) is 0.344. The molecule has 1 atom stereocenters. The molecule has 0 spiro atoms. The SMILES string of the molecule is CC(=O)c1ccc(N)cc1.NCC1CCC(C(=O)N[C@@H](Cc2ccc(OCc3ccc(Cl)cc3)cc2)C(=O)O)CC1. The first-order valence-electron chi connectivity index (χ1n) is 13.7. The first-order valence-corrected chi connectivity index (χ1v) is 14.1. The molecule has 1 saturated carbocycles. The van der Waals surface area contributed by atoms with Gasteiger partial charge in [0.2, 0.25) is 5.91 Å². The molecular weight excluding hydrogens is 542 g/mol. The molecule has 6 N–H and O–H groups in total. The number of ether oxygens (including phenoxy) is 1. The number of benzene rings is 3. The van der Waals surface area contributed by atoms with E-state index < -0.39 is 12.0 Å². The Morgan fingerprint density at radius 3 is 2.05 bits per heavy atom. The van der Waals surface area contributed by atoms with Crippen LogP contribution in [0.5, 0.6) is 5.75 Å². The number of hydrogen-bond acceptors (Lipinski definition) is 6. The molecule has 9 heteroatoms. The predicted octanol–water partition coefficient (Wildman–Crippen LogP) is 5.27. The van der Waals surface area contributed by atoms with Crippen LogP contribution in [0.15, 0.2) is 72.8 Å². The molecule has 3 aromatic carbocycles. The largest absolute Gasteiger partial charge is 0.489 e. The van der Waals surface area contributed by atoms with E-state index in [1.54, 1.807) is 36.4 Å². The van der Waals surface area contributed by atoms with Gasteiger partial charge in [-0.05, 0) is 105 Å². The topological polar surface area (TPSA) is 145 Å². The van der Waals surface area contributed by atoms with Gasteiger partial charge in [-0.3, -0.25) is 9.59 Å². The van der Waals surface area contributed by atoms with Crippen molar-refractivity contribution in [2.45, 2.75) is 51.7 Å². The second-order valence-corrected chi connectivity index (χ2v) is 10.7. The number of Topliss-reactive ketones (excluding diaryl/α,β-unsaturated/α-hetero) is 1. The summed E-state index contributed by atoms with van der Waals surface area (Å²) < 4.78 is 5.76. The number of ketones is 1. The molecular formula is C32H38ClN3O5. The number of rotatable bonds is 10. The van der Waals surface area contributed by atoms with E-state index in [4.69, 9.17) is 27.8 Å². The molecule has 0 heterocycles. The third-order valence-corrected chi connectivity index (χ3v) is 7.42. The van der Waals surface area contributed by atoms with Gasteiger partial charge in [0.15, 0.2) is 5.78 Å². The van der Waals surface area contributed by atoms with Gasteiger partial charge in [0, 0.05) is 28.6 Å². The predicted molar refractivity (Wildman–Crippen MR) is 161 cm³/mol. The van der Waals surface area contributed by atoms with Crippen molar-refractivity contribution in [1.29, 1.82) is 0 Å². The number of nitrogens with two attached hydrogens (primary N) is 2. The zero-order valence-corrected chi connectivity index (χ0v) is 24.0. The molecule has 218 valence electrons. The molecule has 4 rings (SSSR count). The lowest BCUT2D eigenvalue weighted by atomic mass is 9.81. The first kappa shape index (κ1) is 31.6. The molecule has 0 aromatic heterocycles. The van der Waals surface area contributed by atoms with Crippen molar-refractivity contribution in [3.05, 3.63) is 94.5 Å². The van der Waals surface area contributed by atoms with Gasteiger partial charge >= 0.3 is 5.97 Å². The smallest absolute Gasteiger partial charge is 0.326 e. The molecule has 1 fully saturated rings. The van der Waals surface area contributed by atoms with Crippen LogP contribution in [0.1, 0.15) is 54.1 Å². The van der Waals surface area contributed by atoms with Crippen molar-refractivity contribution in [2.24, 2.45) is 17.6 Å². The fourth-order valence-electron chi connectivity index (χ4n) is 4.57. The van der Waals surface area contributed by atoms with Crippen LogP contribution in [-0.2, 0) is 22.6 Å². The Balaban J connectivity index is 0.000000389. The Morgan fingerprint density at radius 2 is 1.51 bits per heavy atom. The summed E-state index contributed by atoms with van der Waals surface area (Å²) in [7, 11) is 0. The molecule has 41 heavy (non-hydrogen) atoms. The van der Waals surface area contributed by atoms with Crippen molar-refractivity contribution in [2.75, 3.05) is 12.3 Å². The van der Waals surface area contributed by atoms with E-state index in [1.807, 2.05) is 36.4 Å². The monoisotopic (exact) mass is 579 g/mol. The number of carboxylic acid groups (broad SMARTS) is 1. The maximum absolute atomic E-state index is 12.6. The van der Waals surface area contributed by atoms with Crippen LogP contribution in [0, 0.1) is 11.8 Å². The average Bonchev–Trinajstić information content (AvgIpc) is 2.97. The number of amides is 1. The summed E-state index contributed by atoms with van der Waals surface area (Å²) >= 11 is 5.88. The van der Waals surface area contributed by atoms with Crippen molar-refractivity contribution in [3.8, 4) is 5.75 Å². The second kappa shape index (κ2) is 15.8. The van der Waals surface area contributed by atoms with Crippen LogP contribution in [0.2, 0.25) is 5.02 Å². The Labute approximate surface area is 246 Å². The second-order valence-electron chi connectivity index (χ2n) is 10.3. The lowest BCUT2D eigenvalue weighted by Crippen LogP contribution is -2.45. The molecule has 1 amide bonds. The maximum Gasteiger partial charge on any atom is 0.326 e. The Bertz CT molecular complexity index is 1270. The Hall–Kier alpha value is -3.88. The molecule has 1 aliphatic rings. The fourth-order valence-corrected chi connectivity index (χ4v) is 4.70. The number of carbonyl (C=O) groups is 3. The number of anilines is 1. The summed E-state index contributed by atoms with van der Waals surface area (Å²) in [6.07, 6.45) is 3.59. The summed E-state index contributed by atoms with van der Waals surface area (Å²) in [5.41, 5.74) is 14.3. The van der Waals surface area contributed by atoms with E-state index in [9.17, 15) is 19.5 Å². The molecule has 1 aliphatic carbocycles. The average molecular weight is 580 g/mol. The van der Waals surface area contributed by atoms with E-state index in [0.29, 0.717) is 41.1 Å². The number of carbonyl (C=O) groups excluding carboxylic acids is 2. The van der Waals surface area contributed by atoms with Crippen molar-refractivity contribution >= 4 is 34.9 Å². The molecule has 0 radical (unpaired) electrons. The molecule has 8 nitrogen and oxygen atoms in total. The van der Waals surface area contributed by atoms with Gasteiger partial charge < -0.3 is 26.6 Å². The van der Waals surface area contributed by atoms with Crippen LogP contribution in [0.3, 0.4) is 0 Å². The normalized spacial score (nSPS) is 17.0. The highest BCUT2D eigenvalue weighted by atomic mass is 35.5. The van der Waals surface area contributed by atoms with E-state index in [1.165, 1.54) is 6.92 Å². The standard InChI is InChI=1S/C24H29ClN2O4.C8H9NO/c25-20-9-3-18(4-10-20)15-31-21-11-5-16(6-12-21)13-22(24(29)30)27-23(28)19-7-1-17(14-26)2-8-19;1-6(10)7-2-4-8(9)5-3-7/h3-6,9-12,17,19,22H,1-2,7-8,13-15,26H2,(H,27,28)(H,29,30);2-5H,9H2,1H3/t17?,19?,22-;/m0./s1. The van der Waals surface area contributed by atoms with Crippen molar-refractivity contribution in [3.63, 3.8) is 0 Å². The van der Waals surface area contributed by atoms with E-state index in [2.05, 4.69) is 5.32 Å². The minimum absolute atomic E-state index is 0.0694. The third kappa shape index (κ3) is 10.6. The molecule has 0 saturated heterocycles. The molecule has 0 unspecified atom stereocenters. The minimum atomic E-state index is -1.04. The Morgan fingerprint density at radius 1 is 0.927 bits per heavy atom. The number of hydrogen-bond donors (Lipinski definition) is 4. The number of halogens is 1. The van der Waals surface area contributed by atoms with Gasteiger partial charge in [0.05, 0.1) is 0 Å². The number of aliphatic carboxylic acids is 1. The van der Waals surface area contributed by atoms with E-state index in [-0.39, 0.29) is 24.0 Å².